The van der Waals surface area contributed by atoms with Gasteiger partial charge in [-0.05, 0) is 18.6 Å². The van der Waals surface area contributed by atoms with Gasteiger partial charge in [0.25, 0.3) is 0 Å². The van der Waals surface area contributed by atoms with Gasteiger partial charge in [-0.25, -0.2) is 0 Å². The number of hydrogen-bond acceptors (Lipinski definition) is 3. The minimum atomic E-state index is 0.857. The first kappa shape index (κ1) is 11.1. The highest BCUT2D eigenvalue weighted by molar-refractivity contribution is 5.38. The predicted molar refractivity (Wildman–Crippen MR) is 65.2 cm³/mol. The fourth-order valence-corrected chi connectivity index (χ4v) is 1.71. The Balaban J connectivity index is 1.92. The zero-order valence-corrected chi connectivity index (χ0v) is 9.66. The number of piperazine rings is 1. The lowest BCUT2D eigenvalue weighted by molar-refractivity contribution is 0.268. The minimum Gasteiger partial charge on any atom is -0.314 e. The molecule has 1 aromatic rings. The molecule has 0 aromatic carbocycles. The number of pyridine rings is 1. The Kier molecular flexibility index (Phi) is 3.92. The van der Waals surface area contributed by atoms with Crippen molar-refractivity contribution in [3.63, 3.8) is 0 Å². The standard InChI is InChI=1S/C13H17N3/c1-12-4-5-15-11-13(12)3-2-8-16-9-6-14-7-10-16/h4-5,11,14H,6-10H2,1H3. The second-order valence-electron chi connectivity index (χ2n) is 4.02. The molecule has 0 amide bonds. The number of hydrogen-bond donors (Lipinski definition) is 1. The summed E-state index contributed by atoms with van der Waals surface area (Å²) in [5.41, 5.74) is 2.24. The van der Waals surface area contributed by atoms with Crippen LogP contribution in [0.2, 0.25) is 0 Å². The Labute approximate surface area is 96.9 Å². The fraction of sp³-hybridized carbons (Fsp3) is 0.462. The molecule has 84 valence electrons. The molecule has 0 saturated carbocycles. The molecule has 0 bridgehead atoms. The van der Waals surface area contributed by atoms with Gasteiger partial charge in [-0.1, -0.05) is 11.8 Å². The number of aryl methyl sites for hydroxylation is 1. The monoisotopic (exact) mass is 215 g/mol. The highest BCUT2D eigenvalue weighted by Crippen LogP contribution is 2.02. The lowest BCUT2D eigenvalue weighted by Crippen LogP contribution is -2.43. The second kappa shape index (κ2) is 5.64. The van der Waals surface area contributed by atoms with E-state index in [0.29, 0.717) is 0 Å². The molecular formula is C13H17N3. The van der Waals surface area contributed by atoms with Crippen molar-refractivity contribution in [1.29, 1.82) is 0 Å². The molecule has 0 unspecified atom stereocenters. The van der Waals surface area contributed by atoms with Gasteiger partial charge >= 0.3 is 0 Å². The molecule has 1 aromatic heterocycles. The van der Waals surface area contributed by atoms with Crippen molar-refractivity contribution in [1.82, 2.24) is 15.2 Å². The molecule has 0 spiro atoms. The zero-order valence-electron chi connectivity index (χ0n) is 9.66. The van der Waals surface area contributed by atoms with Gasteiger partial charge in [0.1, 0.15) is 0 Å². The lowest BCUT2D eigenvalue weighted by Gasteiger charge is -2.24. The smallest absolute Gasteiger partial charge is 0.0606 e. The Morgan fingerprint density at radius 2 is 2.25 bits per heavy atom. The largest absolute Gasteiger partial charge is 0.314 e. The topological polar surface area (TPSA) is 28.2 Å². The van der Waals surface area contributed by atoms with E-state index < -0.39 is 0 Å². The van der Waals surface area contributed by atoms with Crippen molar-refractivity contribution in [2.75, 3.05) is 32.7 Å². The molecule has 0 atom stereocenters. The summed E-state index contributed by atoms with van der Waals surface area (Å²) in [7, 11) is 0. The van der Waals surface area contributed by atoms with Crippen molar-refractivity contribution in [2.24, 2.45) is 0 Å². The first-order valence-corrected chi connectivity index (χ1v) is 5.69. The normalized spacial score (nSPS) is 16.6. The van der Waals surface area contributed by atoms with Crippen LogP contribution in [-0.4, -0.2) is 42.6 Å². The van der Waals surface area contributed by atoms with Crippen LogP contribution in [0.4, 0.5) is 0 Å². The van der Waals surface area contributed by atoms with Crippen LogP contribution in [0.3, 0.4) is 0 Å². The number of nitrogens with zero attached hydrogens (tertiary/aromatic N) is 2. The van der Waals surface area contributed by atoms with Crippen LogP contribution in [0.15, 0.2) is 18.5 Å². The van der Waals surface area contributed by atoms with Crippen molar-refractivity contribution in [2.45, 2.75) is 6.92 Å². The van der Waals surface area contributed by atoms with Crippen LogP contribution in [0.1, 0.15) is 11.1 Å². The molecular weight excluding hydrogens is 198 g/mol. The van der Waals surface area contributed by atoms with Gasteiger partial charge in [0, 0.05) is 44.1 Å². The van der Waals surface area contributed by atoms with Crippen LogP contribution in [0.25, 0.3) is 0 Å². The number of aromatic nitrogens is 1. The number of nitrogens with one attached hydrogen (secondary N) is 1. The van der Waals surface area contributed by atoms with Crippen LogP contribution in [-0.2, 0) is 0 Å². The molecule has 0 radical (unpaired) electrons. The maximum Gasteiger partial charge on any atom is 0.0606 e. The average Bonchev–Trinajstić information content (AvgIpc) is 2.33. The van der Waals surface area contributed by atoms with E-state index in [1.54, 1.807) is 6.20 Å². The van der Waals surface area contributed by atoms with E-state index in [2.05, 4.69) is 34.0 Å². The van der Waals surface area contributed by atoms with E-state index in [1.807, 2.05) is 12.3 Å². The maximum absolute atomic E-state index is 4.08. The van der Waals surface area contributed by atoms with E-state index in [-0.39, 0.29) is 0 Å². The van der Waals surface area contributed by atoms with Crippen LogP contribution in [0.5, 0.6) is 0 Å². The Morgan fingerprint density at radius 3 is 3.00 bits per heavy atom. The van der Waals surface area contributed by atoms with E-state index in [4.69, 9.17) is 0 Å². The summed E-state index contributed by atoms with van der Waals surface area (Å²) in [4.78, 5) is 6.46. The molecule has 3 nitrogen and oxygen atoms in total. The van der Waals surface area contributed by atoms with Gasteiger partial charge in [0.2, 0.25) is 0 Å². The van der Waals surface area contributed by atoms with Crippen LogP contribution >= 0.6 is 0 Å². The second-order valence-corrected chi connectivity index (χ2v) is 4.02. The average molecular weight is 215 g/mol. The summed E-state index contributed by atoms with van der Waals surface area (Å²) in [5, 5.41) is 3.33. The van der Waals surface area contributed by atoms with Crippen molar-refractivity contribution in [3.05, 3.63) is 29.6 Å². The van der Waals surface area contributed by atoms with E-state index >= 15 is 0 Å². The molecule has 3 heteroatoms. The summed E-state index contributed by atoms with van der Waals surface area (Å²) in [6, 6.07) is 1.99. The van der Waals surface area contributed by atoms with E-state index in [0.717, 1.165) is 38.3 Å². The van der Waals surface area contributed by atoms with Crippen LogP contribution < -0.4 is 5.32 Å². The van der Waals surface area contributed by atoms with Crippen molar-refractivity contribution >= 4 is 0 Å². The molecule has 0 aliphatic carbocycles. The Morgan fingerprint density at radius 1 is 1.44 bits per heavy atom. The van der Waals surface area contributed by atoms with E-state index in [1.165, 1.54) is 5.56 Å². The Bertz CT molecular complexity index is 397. The molecule has 1 fully saturated rings. The van der Waals surface area contributed by atoms with E-state index in [9.17, 15) is 0 Å². The summed E-state index contributed by atoms with van der Waals surface area (Å²) < 4.78 is 0. The van der Waals surface area contributed by atoms with Gasteiger partial charge < -0.3 is 5.32 Å². The third-order valence-corrected chi connectivity index (χ3v) is 2.77. The van der Waals surface area contributed by atoms with Crippen molar-refractivity contribution < 1.29 is 0 Å². The zero-order chi connectivity index (χ0) is 11.2. The van der Waals surface area contributed by atoms with Gasteiger partial charge in [0.15, 0.2) is 0 Å². The first-order valence-electron chi connectivity index (χ1n) is 5.69. The third-order valence-electron chi connectivity index (χ3n) is 2.77. The first-order chi connectivity index (χ1) is 7.86. The molecule has 1 aliphatic rings. The minimum absolute atomic E-state index is 0.857. The lowest BCUT2D eigenvalue weighted by atomic mass is 10.2. The molecule has 1 saturated heterocycles. The summed E-state index contributed by atoms with van der Waals surface area (Å²) in [6.07, 6.45) is 3.64. The maximum atomic E-state index is 4.08. The van der Waals surface area contributed by atoms with Crippen molar-refractivity contribution in [3.8, 4) is 11.8 Å². The molecule has 1 N–H and O–H groups in total. The highest BCUT2D eigenvalue weighted by atomic mass is 15.2. The van der Waals surface area contributed by atoms with Crippen LogP contribution in [0, 0.1) is 18.8 Å². The van der Waals surface area contributed by atoms with Gasteiger partial charge in [-0.2, -0.15) is 0 Å². The van der Waals surface area contributed by atoms with Gasteiger partial charge in [-0.15, -0.1) is 0 Å². The van der Waals surface area contributed by atoms with Gasteiger partial charge in [0.05, 0.1) is 6.54 Å². The molecule has 2 heterocycles. The number of rotatable bonds is 1. The van der Waals surface area contributed by atoms with Gasteiger partial charge in [-0.3, -0.25) is 9.88 Å². The SMILES string of the molecule is Cc1ccncc1C#CCN1CCNCC1. The summed E-state index contributed by atoms with van der Waals surface area (Å²) >= 11 is 0. The summed E-state index contributed by atoms with van der Waals surface area (Å²) in [6.45, 7) is 7.27. The highest BCUT2D eigenvalue weighted by Gasteiger charge is 2.06. The quantitative estimate of drug-likeness (QED) is 0.697. The Hall–Kier alpha value is -1.37. The predicted octanol–water partition coefficient (Wildman–Crippen LogP) is 0.647. The molecule has 16 heavy (non-hydrogen) atoms. The third kappa shape index (κ3) is 3.06. The summed E-state index contributed by atoms with van der Waals surface area (Å²) in [5.74, 6) is 6.41. The fourth-order valence-electron chi connectivity index (χ4n) is 1.71. The molecule has 2 rings (SSSR count). The molecule has 1 aliphatic heterocycles.